The number of carbonyl (C=O) groups is 1. The van der Waals surface area contributed by atoms with Crippen LogP contribution in [-0.4, -0.2) is 26.6 Å². The van der Waals surface area contributed by atoms with Gasteiger partial charge in [0.2, 0.25) is 10.0 Å². The molecule has 1 N–H and O–H groups in total. The number of benzene rings is 2. The Kier molecular flexibility index (Phi) is 5.01. The number of sulfonamides is 1. The second kappa shape index (κ2) is 7.06. The molecule has 0 spiro atoms. The summed E-state index contributed by atoms with van der Waals surface area (Å²) in [6.07, 6.45) is 3.19. The predicted molar refractivity (Wildman–Crippen MR) is 99.4 cm³/mol. The van der Waals surface area contributed by atoms with Gasteiger partial charge in [0, 0.05) is 16.6 Å². The van der Waals surface area contributed by atoms with E-state index in [0.29, 0.717) is 21.8 Å². The van der Waals surface area contributed by atoms with Gasteiger partial charge in [0.25, 0.3) is 5.91 Å². The van der Waals surface area contributed by atoms with E-state index in [4.69, 9.17) is 11.6 Å². The van der Waals surface area contributed by atoms with Crippen molar-refractivity contribution >= 4 is 33.2 Å². The van der Waals surface area contributed by atoms with Gasteiger partial charge in [-0.2, -0.15) is 0 Å². The van der Waals surface area contributed by atoms with Crippen molar-refractivity contribution in [1.29, 1.82) is 0 Å². The van der Waals surface area contributed by atoms with Gasteiger partial charge in [0.15, 0.2) is 0 Å². The maximum Gasteiger partial charge on any atom is 0.251 e. The zero-order valence-electron chi connectivity index (χ0n) is 13.8. The standard InChI is InChI=1S/C18H19ClN2O3S/c1-25(23,24)21(12-14-4-2-3-5-17(14)19)16-10-6-13(7-11-16)18(22)20-15-8-9-15/h2-7,10-11,15H,8-9,12H2,1H3,(H,20,22). The Morgan fingerprint density at radius 2 is 1.80 bits per heavy atom. The highest BCUT2D eigenvalue weighted by Gasteiger charge is 2.24. The highest BCUT2D eigenvalue weighted by molar-refractivity contribution is 7.92. The summed E-state index contributed by atoms with van der Waals surface area (Å²) in [5.74, 6) is -0.133. The van der Waals surface area contributed by atoms with E-state index in [0.717, 1.165) is 19.1 Å². The Labute approximate surface area is 152 Å². The fraction of sp³-hybridized carbons (Fsp3) is 0.278. The number of nitrogens with one attached hydrogen (secondary N) is 1. The molecule has 5 nitrogen and oxygen atoms in total. The number of halogens is 1. The van der Waals surface area contributed by atoms with Gasteiger partial charge in [-0.05, 0) is 48.7 Å². The van der Waals surface area contributed by atoms with Gasteiger partial charge < -0.3 is 5.32 Å². The minimum Gasteiger partial charge on any atom is -0.349 e. The zero-order valence-corrected chi connectivity index (χ0v) is 15.3. The lowest BCUT2D eigenvalue weighted by atomic mass is 10.1. The summed E-state index contributed by atoms with van der Waals surface area (Å²) in [6.45, 7) is 0.131. The van der Waals surface area contributed by atoms with E-state index in [-0.39, 0.29) is 18.5 Å². The van der Waals surface area contributed by atoms with Crippen LogP contribution in [0, 0.1) is 0 Å². The van der Waals surface area contributed by atoms with Crippen molar-refractivity contribution in [1.82, 2.24) is 5.32 Å². The van der Waals surface area contributed by atoms with E-state index < -0.39 is 10.0 Å². The number of hydrogen-bond acceptors (Lipinski definition) is 3. The van der Waals surface area contributed by atoms with Crippen molar-refractivity contribution in [3.63, 3.8) is 0 Å². The molecule has 0 bridgehead atoms. The molecule has 0 atom stereocenters. The van der Waals surface area contributed by atoms with Gasteiger partial charge in [-0.25, -0.2) is 8.42 Å². The summed E-state index contributed by atoms with van der Waals surface area (Å²) in [4.78, 5) is 12.0. The largest absolute Gasteiger partial charge is 0.349 e. The molecule has 3 rings (SSSR count). The molecule has 25 heavy (non-hydrogen) atoms. The fourth-order valence-electron chi connectivity index (χ4n) is 2.46. The second-order valence-corrected chi connectivity index (χ2v) is 8.47. The quantitative estimate of drug-likeness (QED) is 0.839. The van der Waals surface area contributed by atoms with Crippen LogP contribution in [0.3, 0.4) is 0 Å². The highest BCUT2D eigenvalue weighted by atomic mass is 35.5. The van der Waals surface area contributed by atoms with Crippen LogP contribution in [0.1, 0.15) is 28.8 Å². The number of anilines is 1. The summed E-state index contributed by atoms with van der Waals surface area (Å²) in [6, 6.07) is 14.0. The minimum absolute atomic E-state index is 0.131. The van der Waals surface area contributed by atoms with Crippen LogP contribution in [0.25, 0.3) is 0 Å². The SMILES string of the molecule is CS(=O)(=O)N(Cc1ccccc1Cl)c1ccc(C(=O)NC2CC2)cc1. The third-order valence-corrected chi connectivity index (χ3v) is 5.51. The first-order chi connectivity index (χ1) is 11.8. The molecule has 7 heteroatoms. The Bertz CT molecular complexity index is 877. The lowest BCUT2D eigenvalue weighted by Gasteiger charge is -2.23. The van der Waals surface area contributed by atoms with E-state index in [1.807, 2.05) is 6.07 Å². The van der Waals surface area contributed by atoms with E-state index in [1.54, 1.807) is 42.5 Å². The predicted octanol–water partition coefficient (Wildman–Crippen LogP) is 3.20. The lowest BCUT2D eigenvalue weighted by Crippen LogP contribution is -2.29. The molecule has 0 heterocycles. The topological polar surface area (TPSA) is 66.5 Å². The van der Waals surface area contributed by atoms with E-state index in [9.17, 15) is 13.2 Å². The van der Waals surface area contributed by atoms with Crippen molar-refractivity contribution in [2.24, 2.45) is 0 Å². The molecular formula is C18H19ClN2O3S. The molecule has 1 amide bonds. The van der Waals surface area contributed by atoms with Gasteiger partial charge in [-0.1, -0.05) is 29.8 Å². The molecule has 2 aromatic carbocycles. The van der Waals surface area contributed by atoms with Crippen LogP contribution >= 0.6 is 11.6 Å². The molecule has 0 radical (unpaired) electrons. The summed E-state index contributed by atoms with van der Waals surface area (Å²) >= 11 is 6.15. The van der Waals surface area contributed by atoms with E-state index >= 15 is 0 Å². The van der Waals surface area contributed by atoms with Crippen molar-refractivity contribution in [3.05, 3.63) is 64.7 Å². The summed E-state index contributed by atoms with van der Waals surface area (Å²) in [5.41, 5.74) is 1.72. The first-order valence-electron chi connectivity index (χ1n) is 7.96. The number of carbonyl (C=O) groups excluding carboxylic acids is 1. The minimum atomic E-state index is -3.50. The molecule has 0 unspecified atom stereocenters. The number of nitrogens with zero attached hydrogens (tertiary/aromatic N) is 1. The summed E-state index contributed by atoms with van der Waals surface area (Å²) < 4.78 is 25.7. The van der Waals surface area contributed by atoms with Crippen LogP contribution in [0.15, 0.2) is 48.5 Å². The van der Waals surface area contributed by atoms with Crippen molar-refractivity contribution < 1.29 is 13.2 Å². The fourth-order valence-corrected chi connectivity index (χ4v) is 3.53. The normalized spacial score (nSPS) is 14.2. The average Bonchev–Trinajstić information content (AvgIpc) is 3.37. The van der Waals surface area contributed by atoms with Crippen LogP contribution in [0.4, 0.5) is 5.69 Å². The molecule has 1 aliphatic rings. The van der Waals surface area contributed by atoms with Crippen molar-refractivity contribution in [2.75, 3.05) is 10.6 Å². The smallest absolute Gasteiger partial charge is 0.251 e. The first-order valence-corrected chi connectivity index (χ1v) is 10.2. The Hall–Kier alpha value is -2.05. The summed E-state index contributed by atoms with van der Waals surface area (Å²) in [7, 11) is -3.50. The molecule has 0 aliphatic heterocycles. The molecule has 0 aromatic heterocycles. The van der Waals surface area contributed by atoms with Gasteiger partial charge >= 0.3 is 0 Å². The van der Waals surface area contributed by atoms with Crippen molar-refractivity contribution in [2.45, 2.75) is 25.4 Å². The third-order valence-electron chi connectivity index (χ3n) is 4.00. The Morgan fingerprint density at radius 1 is 1.16 bits per heavy atom. The molecule has 0 saturated heterocycles. The van der Waals surface area contributed by atoms with E-state index in [2.05, 4.69) is 5.32 Å². The highest BCUT2D eigenvalue weighted by Crippen LogP contribution is 2.25. The average molecular weight is 379 g/mol. The molecule has 2 aromatic rings. The number of hydrogen-bond donors (Lipinski definition) is 1. The monoisotopic (exact) mass is 378 g/mol. The third kappa shape index (κ3) is 4.52. The lowest BCUT2D eigenvalue weighted by molar-refractivity contribution is 0.0951. The van der Waals surface area contributed by atoms with Crippen LogP contribution in [-0.2, 0) is 16.6 Å². The maximum atomic E-state index is 12.2. The zero-order chi connectivity index (χ0) is 18.0. The molecular weight excluding hydrogens is 360 g/mol. The first kappa shape index (κ1) is 17.8. The van der Waals surface area contributed by atoms with Gasteiger partial charge in [-0.15, -0.1) is 0 Å². The maximum absolute atomic E-state index is 12.2. The number of rotatable bonds is 6. The summed E-state index contributed by atoms with van der Waals surface area (Å²) in [5, 5.41) is 3.42. The Morgan fingerprint density at radius 3 is 2.36 bits per heavy atom. The van der Waals surface area contributed by atoms with Crippen LogP contribution < -0.4 is 9.62 Å². The van der Waals surface area contributed by atoms with Gasteiger partial charge in [-0.3, -0.25) is 9.10 Å². The second-order valence-electron chi connectivity index (χ2n) is 6.16. The number of amides is 1. The molecule has 1 aliphatic carbocycles. The van der Waals surface area contributed by atoms with Gasteiger partial charge in [0.05, 0.1) is 18.5 Å². The van der Waals surface area contributed by atoms with Crippen molar-refractivity contribution in [3.8, 4) is 0 Å². The van der Waals surface area contributed by atoms with E-state index in [1.165, 1.54) is 4.31 Å². The van der Waals surface area contributed by atoms with Gasteiger partial charge in [0.1, 0.15) is 0 Å². The van der Waals surface area contributed by atoms with Crippen LogP contribution in [0.2, 0.25) is 5.02 Å². The van der Waals surface area contributed by atoms with Crippen LogP contribution in [0.5, 0.6) is 0 Å². The molecule has 1 fully saturated rings. The molecule has 132 valence electrons. The Balaban J connectivity index is 1.84. The molecule has 1 saturated carbocycles.